The Morgan fingerprint density at radius 1 is 1.19 bits per heavy atom. The Balaban J connectivity index is 2.02. The molecular formula is C13H15N3O4S. The maximum absolute atomic E-state index is 11.5. The number of benzene rings is 1. The van der Waals surface area contributed by atoms with Crippen molar-refractivity contribution in [1.82, 2.24) is 4.72 Å². The van der Waals surface area contributed by atoms with Gasteiger partial charge in [-0.15, -0.1) is 0 Å². The molecule has 0 unspecified atom stereocenters. The van der Waals surface area contributed by atoms with Gasteiger partial charge in [-0.1, -0.05) is 0 Å². The van der Waals surface area contributed by atoms with Gasteiger partial charge >= 0.3 is 0 Å². The predicted molar refractivity (Wildman–Crippen MR) is 77.2 cm³/mol. The third-order valence-electron chi connectivity index (χ3n) is 2.81. The van der Waals surface area contributed by atoms with Crippen LogP contribution in [0.4, 0.5) is 5.69 Å². The number of rotatable bonds is 6. The summed E-state index contributed by atoms with van der Waals surface area (Å²) < 4.78 is 30.5. The molecule has 0 bridgehead atoms. The third-order valence-corrected chi connectivity index (χ3v) is 4.09. The van der Waals surface area contributed by atoms with Gasteiger partial charge in [0.15, 0.2) is 0 Å². The second-order valence-corrected chi connectivity index (χ2v) is 6.04. The van der Waals surface area contributed by atoms with Crippen LogP contribution >= 0.6 is 0 Å². The van der Waals surface area contributed by atoms with Gasteiger partial charge in [0, 0.05) is 11.3 Å². The fourth-order valence-electron chi connectivity index (χ4n) is 1.64. The van der Waals surface area contributed by atoms with Crippen molar-refractivity contribution < 1.29 is 17.6 Å². The number of hydrogen-bond acceptors (Lipinski definition) is 5. The number of hydrogen-bond donors (Lipinski definition) is 3. The van der Waals surface area contributed by atoms with Crippen LogP contribution in [0, 0.1) is 0 Å². The summed E-state index contributed by atoms with van der Waals surface area (Å²) in [5, 5.41) is 2.92. The molecular weight excluding hydrogens is 294 g/mol. The van der Waals surface area contributed by atoms with E-state index in [1.165, 1.54) is 13.1 Å². The highest BCUT2D eigenvalue weighted by atomic mass is 32.2. The fourth-order valence-corrected chi connectivity index (χ4v) is 2.30. The first-order valence-corrected chi connectivity index (χ1v) is 7.56. The molecule has 0 saturated carbocycles. The van der Waals surface area contributed by atoms with Crippen molar-refractivity contribution in [2.24, 2.45) is 5.73 Å². The van der Waals surface area contributed by atoms with Gasteiger partial charge in [0.05, 0.1) is 6.54 Å². The zero-order valence-electron chi connectivity index (χ0n) is 11.3. The van der Waals surface area contributed by atoms with Crippen LogP contribution in [0.5, 0.6) is 0 Å². The molecule has 112 valence electrons. The maximum Gasteiger partial charge on any atom is 0.273 e. The van der Waals surface area contributed by atoms with Gasteiger partial charge < -0.3 is 15.5 Å². The van der Waals surface area contributed by atoms with Crippen molar-refractivity contribution in [3.8, 4) is 0 Å². The van der Waals surface area contributed by atoms with E-state index in [0.717, 1.165) is 5.69 Å². The summed E-state index contributed by atoms with van der Waals surface area (Å²) in [5.74, 6) is -0.0164. The first-order valence-electron chi connectivity index (χ1n) is 6.08. The molecule has 7 nitrogen and oxygen atoms in total. The molecule has 0 spiro atoms. The number of amides is 1. The maximum atomic E-state index is 11.5. The first-order chi connectivity index (χ1) is 9.92. The average Bonchev–Trinajstić information content (AvgIpc) is 2.95. The molecule has 0 fully saturated rings. The van der Waals surface area contributed by atoms with Crippen molar-refractivity contribution in [2.75, 3.05) is 12.4 Å². The molecule has 1 heterocycles. The molecule has 0 saturated heterocycles. The Bertz CT molecular complexity index is 735. The Morgan fingerprint density at radius 3 is 2.43 bits per heavy atom. The van der Waals surface area contributed by atoms with Crippen LogP contribution in [0.3, 0.4) is 0 Å². The molecule has 0 aliphatic heterocycles. The number of nitrogens with two attached hydrogens (primary N) is 1. The number of nitrogens with one attached hydrogen (secondary N) is 2. The zero-order valence-corrected chi connectivity index (χ0v) is 12.1. The average molecular weight is 309 g/mol. The van der Waals surface area contributed by atoms with Crippen molar-refractivity contribution in [2.45, 2.75) is 11.6 Å². The summed E-state index contributed by atoms with van der Waals surface area (Å²) in [4.78, 5) is 10.9. The van der Waals surface area contributed by atoms with Crippen LogP contribution in [-0.2, 0) is 16.6 Å². The van der Waals surface area contributed by atoms with Crippen LogP contribution in [0.15, 0.2) is 45.9 Å². The van der Waals surface area contributed by atoms with Crippen molar-refractivity contribution in [3.05, 3.63) is 47.7 Å². The van der Waals surface area contributed by atoms with Gasteiger partial charge in [-0.05, 0) is 43.4 Å². The highest BCUT2D eigenvalue weighted by Gasteiger charge is 2.16. The minimum atomic E-state index is -3.57. The third kappa shape index (κ3) is 3.61. The van der Waals surface area contributed by atoms with E-state index in [2.05, 4.69) is 10.0 Å². The van der Waals surface area contributed by atoms with Gasteiger partial charge in [0.25, 0.3) is 10.0 Å². The van der Waals surface area contributed by atoms with E-state index in [1.54, 1.807) is 30.3 Å². The number of anilines is 1. The number of primary amides is 1. The summed E-state index contributed by atoms with van der Waals surface area (Å²) in [6, 6.07) is 9.57. The number of furan rings is 1. The highest BCUT2D eigenvalue weighted by Crippen LogP contribution is 2.16. The van der Waals surface area contributed by atoms with E-state index >= 15 is 0 Å². The van der Waals surface area contributed by atoms with Crippen LogP contribution < -0.4 is 15.8 Å². The Hall–Kier alpha value is -2.32. The molecule has 0 aliphatic rings. The summed E-state index contributed by atoms with van der Waals surface area (Å²) in [6.45, 7) is 0.315. The minimum absolute atomic E-state index is 0.133. The van der Waals surface area contributed by atoms with E-state index < -0.39 is 15.9 Å². The van der Waals surface area contributed by atoms with E-state index in [1.807, 2.05) is 0 Å². The Kier molecular flexibility index (Phi) is 4.29. The second-order valence-electron chi connectivity index (χ2n) is 4.22. The lowest BCUT2D eigenvalue weighted by molar-refractivity contribution is 0.100. The minimum Gasteiger partial charge on any atom is -0.446 e. The summed E-state index contributed by atoms with van der Waals surface area (Å²) in [6.07, 6.45) is 0. The lowest BCUT2D eigenvalue weighted by atomic mass is 10.2. The van der Waals surface area contributed by atoms with Crippen molar-refractivity contribution in [3.63, 3.8) is 0 Å². The second kappa shape index (κ2) is 5.98. The number of carbonyl (C=O) groups is 1. The lowest BCUT2D eigenvalue weighted by Crippen LogP contribution is -2.17. The molecule has 0 radical (unpaired) electrons. The van der Waals surface area contributed by atoms with Gasteiger partial charge in [0.2, 0.25) is 11.0 Å². The molecule has 2 aromatic rings. The molecule has 2 rings (SSSR count). The number of carbonyl (C=O) groups excluding carboxylic acids is 1. The molecule has 21 heavy (non-hydrogen) atoms. The monoisotopic (exact) mass is 309 g/mol. The smallest absolute Gasteiger partial charge is 0.273 e. The molecule has 1 amide bonds. The molecule has 0 atom stereocenters. The SMILES string of the molecule is CNS(=O)(=O)c1ccc(CNc2ccc(C(N)=O)cc2)o1. The largest absolute Gasteiger partial charge is 0.446 e. The molecule has 4 N–H and O–H groups in total. The highest BCUT2D eigenvalue weighted by molar-refractivity contribution is 7.89. The van der Waals surface area contributed by atoms with Gasteiger partial charge in [-0.25, -0.2) is 13.1 Å². The molecule has 1 aromatic heterocycles. The van der Waals surface area contributed by atoms with Crippen molar-refractivity contribution in [1.29, 1.82) is 0 Å². The number of sulfonamides is 1. The van der Waals surface area contributed by atoms with E-state index in [9.17, 15) is 13.2 Å². The normalized spacial score (nSPS) is 11.3. The van der Waals surface area contributed by atoms with Crippen LogP contribution in [0.25, 0.3) is 0 Å². The Labute approximate surface area is 122 Å². The van der Waals surface area contributed by atoms with Crippen LogP contribution in [0.2, 0.25) is 0 Å². The summed E-state index contributed by atoms with van der Waals surface area (Å²) in [7, 11) is -2.26. The standard InChI is InChI=1S/C13H15N3O4S/c1-15-21(18,19)12-7-6-11(20-12)8-16-10-4-2-9(3-5-10)13(14)17/h2-7,15-16H,8H2,1H3,(H2,14,17). The van der Waals surface area contributed by atoms with Gasteiger partial charge in [-0.2, -0.15) is 0 Å². The summed E-state index contributed by atoms with van der Waals surface area (Å²) >= 11 is 0. The van der Waals surface area contributed by atoms with E-state index in [-0.39, 0.29) is 5.09 Å². The first kappa shape index (κ1) is 15.1. The predicted octanol–water partition coefficient (Wildman–Crippen LogP) is 0.899. The van der Waals surface area contributed by atoms with Crippen LogP contribution in [-0.4, -0.2) is 21.4 Å². The quantitative estimate of drug-likeness (QED) is 0.733. The topological polar surface area (TPSA) is 114 Å². The lowest BCUT2D eigenvalue weighted by Gasteiger charge is -2.05. The molecule has 1 aromatic carbocycles. The Morgan fingerprint density at radius 2 is 1.86 bits per heavy atom. The summed E-state index contributed by atoms with van der Waals surface area (Å²) in [5.41, 5.74) is 6.32. The van der Waals surface area contributed by atoms with Gasteiger partial charge in [0.1, 0.15) is 5.76 Å². The fraction of sp³-hybridized carbons (Fsp3) is 0.154. The van der Waals surface area contributed by atoms with Gasteiger partial charge in [-0.3, -0.25) is 4.79 Å². The van der Waals surface area contributed by atoms with Crippen LogP contribution in [0.1, 0.15) is 16.1 Å². The van der Waals surface area contributed by atoms with E-state index in [4.69, 9.17) is 10.2 Å². The van der Waals surface area contributed by atoms with Crippen molar-refractivity contribution >= 4 is 21.6 Å². The molecule has 0 aliphatic carbocycles. The zero-order chi connectivity index (χ0) is 15.5. The van der Waals surface area contributed by atoms with E-state index in [0.29, 0.717) is 17.9 Å². The molecule has 8 heteroatoms.